The third kappa shape index (κ3) is 6.45. The zero-order valence-electron chi connectivity index (χ0n) is 24.8. The second kappa shape index (κ2) is 13.0. The standard InChI is InChI=1S/C34H33ClN2O5S/c1-6-40-27-17-24(16-26(35)31(27)42-19-23-10-8-9-21(4)15-23)18-28-32(38)37-30(25-13-11-20(3)12-14-25)29(33(39)41-7-2)22(5)36-34(37)43-28/h8-18,30H,6-7,19H2,1-5H3/b28-18+/t30-/m0/s1. The molecule has 1 aliphatic heterocycles. The number of nitrogens with zero attached hydrogens (tertiary/aromatic N) is 2. The van der Waals surface area contributed by atoms with E-state index in [9.17, 15) is 9.59 Å². The lowest BCUT2D eigenvalue weighted by Crippen LogP contribution is -2.39. The lowest BCUT2D eigenvalue weighted by Gasteiger charge is -2.24. The van der Waals surface area contributed by atoms with Crippen LogP contribution in [0.1, 0.15) is 54.6 Å². The van der Waals surface area contributed by atoms with E-state index < -0.39 is 12.0 Å². The molecule has 9 heteroatoms. The predicted molar refractivity (Wildman–Crippen MR) is 170 cm³/mol. The third-order valence-corrected chi connectivity index (χ3v) is 8.27. The number of aryl methyl sites for hydroxylation is 2. The van der Waals surface area contributed by atoms with Crippen LogP contribution in [0.5, 0.6) is 11.5 Å². The number of ether oxygens (including phenoxy) is 3. The molecule has 0 saturated carbocycles. The lowest BCUT2D eigenvalue weighted by molar-refractivity contribution is -0.139. The molecule has 222 valence electrons. The fraction of sp³-hybridized carbons (Fsp3) is 0.265. The Morgan fingerprint density at radius 3 is 2.47 bits per heavy atom. The Bertz CT molecular complexity index is 1890. The maximum Gasteiger partial charge on any atom is 0.338 e. The second-order valence-corrected chi connectivity index (χ2v) is 11.7. The van der Waals surface area contributed by atoms with Crippen LogP contribution < -0.4 is 24.4 Å². The number of carbonyl (C=O) groups excluding carboxylic acids is 1. The van der Waals surface area contributed by atoms with Gasteiger partial charge in [0.1, 0.15) is 6.61 Å². The first-order valence-corrected chi connectivity index (χ1v) is 15.3. The molecule has 0 saturated heterocycles. The van der Waals surface area contributed by atoms with E-state index in [0.717, 1.165) is 22.3 Å². The molecule has 0 N–H and O–H groups in total. The first-order chi connectivity index (χ1) is 20.7. The summed E-state index contributed by atoms with van der Waals surface area (Å²) in [6, 6.07) is 18.7. The average Bonchev–Trinajstić information content (AvgIpc) is 3.26. The Morgan fingerprint density at radius 2 is 1.77 bits per heavy atom. The molecule has 0 fully saturated rings. The zero-order valence-corrected chi connectivity index (χ0v) is 26.3. The summed E-state index contributed by atoms with van der Waals surface area (Å²) in [5, 5.41) is 0.371. The van der Waals surface area contributed by atoms with E-state index in [4.69, 9.17) is 25.8 Å². The molecule has 0 spiro atoms. The summed E-state index contributed by atoms with van der Waals surface area (Å²) < 4.78 is 19.4. The first kappa shape index (κ1) is 30.3. The quantitative estimate of drug-likeness (QED) is 0.214. The number of rotatable bonds is 9. The highest BCUT2D eigenvalue weighted by Gasteiger charge is 2.33. The van der Waals surface area contributed by atoms with Crippen LogP contribution in [0.4, 0.5) is 0 Å². The van der Waals surface area contributed by atoms with Crippen molar-refractivity contribution < 1.29 is 19.0 Å². The van der Waals surface area contributed by atoms with Crippen molar-refractivity contribution in [3.05, 3.63) is 124 Å². The van der Waals surface area contributed by atoms with Gasteiger partial charge in [0.25, 0.3) is 5.56 Å². The molecule has 0 amide bonds. The minimum absolute atomic E-state index is 0.217. The summed E-state index contributed by atoms with van der Waals surface area (Å²) in [7, 11) is 0. The van der Waals surface area contributed by atoms with E-state index >= 15 is 0 Å². The summed E-state index contributed by atoms with van der Waals surface area (Å²) in [5.41, 5.74) is 5.31. The Morgan fingerprint density at radius 1 is 1.00 bits per heavy atom. The van der Waals surface area contributed by atoms with Gasteiger partial charge in [0, 0.05) is 0 Å². The number of esters is 1. The number of allylic oxidation sites excluding steroid dienone is 1. The van der Waals surface area contributed by atoms with Crippen molar-refractivity contribution in [2.24, 2.45) is 4.99 Å². The Hall–Kier alpha value is -4.14. The van der Waals surface area contributed by atoms with E-state index in [1.165, 1.54) is 11.3 Å². The van der Waals surface area contributed by atoms with Crippen molar-refractivity contribution in [3.8, 4) is 11.5 Å². The molecular formula is C34H33ClN2O5S. The van der Waals surface area contributed by atoms with Crippen molar-refractivity contribution >= 4 is 35.0 Å². The van der Waals surface area contributed by atoms with E-state index in [1.807, 2.05) is 69.3 Å². The maximum absolute atomic E-state index is 14.0. The van der Waals surface area contributed by atoms with Crippen molar-refractivity contribution in [2.75, 3.05) is 13.2 Å². The highest BCUT2D eigenvalue weighted by molar-refractivity contribution is 7.07. The molecule has 43 heavy (non-hydrogen) atoms. The molecule has 5 rings (SSSR count). The van der Waals surface area contributed by atoms with Gasteiger partial charge in [0.15, 0.2) is 16.3 Å². The van der Waals surface area contributed by atoms with Gasteiger partial charge in [-0.2, -0.15) is 0 Å². The van der Waals surface area contributed by atoms with Crippen LogP contribution >= 0.6 is 22.9 Å². The fourth-order valence-corrected chi connectivity index (χ4v) is 6.36. The molecule has 0 unspecified atom stereocenters. The van der Waals surface area contributed by atoms with E-state index in [0.29, 0.717) is 55.9 Å². The summed E-state index contributed by atoms with van der Waals surface area (Å²) >= 11 is 7.97. The minimum Gasteiger partial charge on any atom is -0.490 e. The smallest absolute Gasteiger partial charge is 0.338 e. The molecule has 0 bridgehead atoms. The van der Waals surface area contributed by atoms with E-state index in [2.05, 4.69) is 11.1 Å². The van der Waals surface area contributed by atoms with Gasteiger partial charge in [-0.25, -0.2) is 9.79 Å². The van der Waals surface area contributed by atoms with E-state index in [1.54, 1.807) is 30.6 Å². The van der Waals surface area contributed by atoms with Crippen molar-refractivity contribution in [1.29, 1.82) is 0 Å². The molecule has 4 aromatic rings. The molecular weight excluding hydrogens is 584 g/mol. The molecule has 2 heterocycles. The van der Waals surface area contributed by atoms with Crippen LogP contribution in [0.25, 0.3) is 6.08 Å². The summed E-state index contributed by atoms with van der Waals surface area (Å²) in [5.74, 6) is 0.440. The summed E-state index contributed by atoms with van der Waals surface area (Å²) in [6.07, 6.45) is 1.76. The molecule has 0 aliphatic carbocycles. The van der Waals surface area contributed by atoms with Gasteiger partial charge in [-0.1, -0.05) is 82.6 Å². The van der Waals surface area contributed by atoms with Crippen LogP contribution in [0, 0.1) is 13.8 Å². The first-order valence-electron chi connectivity index (χ1n) is 14.1. The van der Waals surface area contributed by atoms with Crippen LogP contribution in [-0.2, 0) is 16.1 Å². The normalized spacial score (nSPS) is 14.7. The Balaban J connectivity index is 1.58. The van der Waals surface area contributed by atoms with Gasteiger partial charge in [-0.3, -0.25) is 9.36 Å². The fourth-order valence-electron chi connectivity index (χ4n) is 5.04. The summed E-state index contributed by atoms with van der Waals surface area (Å²) in [6.45, 7) is 10.4. The van der Waals surface area contributed by atoms with Crippen LogP contribution in [-0.4, -0.2) is 23.8 Å². The number of halogens is 1. The monoisotopic (exact) mass is 616 g/mol. The zero-order chi connectivity index (χ0) is 30.7. The molecule has 3 aromatic carbocycles. The number of hydrogen-bond acceptors (Lipinski definition) is 7. The van der Waals surface area contributed by atoms with Gasteiger partial charge in [-0.05, 0) is 69.5 Å². The average molecular weight is 617 g/mol. The van der Waals surface area contributed by atoms with Gasteiger partial charge < -0.3 is 14.2 Å². The molecule has 1 atom stereocenters. The van der Waals surface area contributed by atoms with E-state index in [-0.39, 0.29) is 12.2 Å². The molecule has 7 nitrogen and oxygen atoms in total. The SMILES string of the molecule is CCOC(=O)C1=C(C)N=c2s/c(=C/c3cc(Cl)c(OCc4cccc(C)c4)c(OCC)c3)c(=O)n2[C@H]1c1ccc(C)cc1. The van der Waals surface area contributed by atoms with Crippen LogP contribution in [0.2, 0.25) is 5.02 Å². The Kier molecular flexibility index (Phi) is 9.18. The van der Waals surface area contributed by atoms with Crippen molar-refractivity contribution in [2.45, 2.75) is 47.3 Å². The molecule has 0 radical (unpaired) electrons. The topological polar surface area (TPSA) is 79.1 Å². The number of benzene rings is 3. The van der Waals surface area contributed by atoms with Gasteiger partial charge in [0.05, 0.1) is 40.1 Å². The van der Waals surface area contributed by atoms with Crippen LogP contribution in [0.15, 0.2) is 81.7 Å². The van der Waals surface area contributed by atoms with Crippen molar-refractivity contribution in [1.82, 2.24) is 4.57 Å². The largest absolute Gasteiger partial charge is 0.490 e. The number of carbonyl (C=O) groups is 1. The van der Waals surface area contributed by atoms with Gasteiger partial charge in [0.2, 0.25) is 0 Å². The van der Waals surface area contributed by atoms with Gasteiger partial charge >= 0.3 is 5.97 Å². The van der Waals surface area contributed by atoms with Crippen molar-refractivity contribution in [3.63, 3.8) is 0 Å². The van der Waals surface area contributed by atoms with Crippen LogP contribution in [0.3, 0.4) is 0 Å². The Labute approximate surface area is 259 Å². The molecule has 1 aliphatic rings. The second-order valence-electron chi connectivity index (χ2n) is 10.3. The number of fused-ring (bicyclic) bond motifs is 1. The number of hydrogen-bond donors (Lipinski definition) is 0. The minimum atomic E-state index is -0.668. The number of aromatic nitrogens is 1. The number of thiazole rings is 1. The predicted octanol–water partition coefficient (Wildman–Crippen LogP) is 6.05. The lowest BCUT2D eigenvalue weighted by atomic mass is 9.95. The molecule has 1 aromatic heterocycles. The summed E-state index contributed by atoms with van der Waals surface area (Å²) in [4.78, 5) is 32.2. The highest BCUT2D eigenvalue weighted by Crippen LogP contribution is 2.37. The van der Waals surface area contributed by atoms with Gasteiger partial charge in [-0.15, -0.1) is 0 Å². The highest BCUT2D eigenvalue weighted by atomic mass is 35.5. The third-order valence-electron chi connectivity index (χ3n) is 7.01. The maximum atomic E-state index is 14.0.